The molecule has 0 aliphatic heterocycles. The Morgan fingerprint density at radius 2 is 1.83 bits per heavy atom. The zero-order chi connectivity index (χ0) is 15.6. The minimum atomic E-state index is 0.778. The van der Waals surface area contributed by atoms with Crippen molar-refractivity contribution in [2.45, 2.75) is 6.92 Å². The van der Waals surface area contributed by atoms with Crippen LogP contribution in [0.25, 0.3) is 22.8 Å². The van der Waals surface area contributed by atoms with Crippen LogP contribution >= 0.6 is 0 Å². The van der Waals surface area contributed by atoms with Gasteiger partial charge in [-0.15, -0.1) is 5.10 Å². The van der Waals surface area contributed by atoms with Crippen molar-refractivity contribution in [3.05, 3.63) is 83.8 Å². The molecule has 0 saturated heterocycles. The van der Waals surface area contributed by atoms with E-state index in [1.54, 1.807) is 6.26 Å². The van der Waals surface area contributed by atoms with Crippen LogP contribution in [0.15, 0.2) is 71.3 Å². The van der Waals surface area contributed by atoms with Gasteiger partial charge in [0.05, 0.1) is 17.5 Å². The predicted molar refractivity (Wildman–Crippen MR) is 90.7 cm³/mol. The number of rotatable bonds is 3. The maximum atomic E-state index is 5.48. The van der Waals surface area contributed by atoms with Crippen molar-refractivity contribution >= 4 is 22.8 Å². The van der Waals surface area contributed by atoms with Gasteiger partial charge in [0.25, 0.3) is 0 Å². The molecule has 0 spiro atoms. The van der Waals surface area contributed by atoms with E-state index >= 15 is 0 Å². The summed E-state index contributed by atoms with van der Waals surface area (Å²) in [5, 5.41) is 8.59. The SMILES string of the molecule is Cc1ccc(/C(=C/c2ccco2)n2nnc3ccccc32)cc1. The summed E-state index contributed by atoms with van der Waals surface area (Å²) in [6, 6.07) is 20.1. The number of hydrogen-bond donors (Lipinski definition) is 0. The topological polar surface area (TPSA) is 43.9 Å². The molecular formula is C19H15N3O. The fourth-order valence-corrected chi connectivity index (χ4v) is 2.55. The van der Waals surface area contributed by atoms with E-state index < -0.39 is 0 Å². The standard InChI is InChI=1S/C19H15N3O/c1-14-8-10-15(11-9-14)19(13-16-5-4-12-23-16)22-18-7-3-2-6-17(18)20-21-22/h2-13H,1H3/b19-13-. The van der Waals surface area contributed by atoms with E-state index in [4.69, 9.17) is 4.42 Å². The summed E-state index contributed by atoms with van der Waals surface area (Å²) in [7, 11) is 0. The number of aromatic nitrogens is 3. The van der Waals surface area contributed by atoms with Crippen molar-refractivity contribution in [1.82, 2.24) is 15.0 Å². The molecule has 4 aromatic rings. The quantitative estimate of drug-likeness (QED) is 0.564. The Labute approximate surface area is 133 Å². The Morgan fingerprint density at radius 3 is 2.61 bits per heavy atom. The number of furan rings is 1. The molecule has 0 N–H and O–H groups in total. The van der Waals surface area contributed by atoms with Gasteiger partial charge in [-0.2, -0.15) is 0 Å². The fraction of sp³-hybridized carbons (Fsp3) is 0.0526. The third kappa shape index (κ3) is 2.55. The third-order valence-electron chi connectivity index (χ3n) is 3.75. The zero-order valence-corrected chi connectivity index (χ0v) is 12.7. The maximum Gasteiger partial charge on any atom is 0.128 e. The number of fused-ring (bicyclic) bond motifs is 1. The molecule has 2 aromatic heterocycles. The van der Waals surface area contributed by atoms with E-state index in [0.717, 1.165) is 28.1 Å². The van der Waals surface area contributed by atoms with Crippen molar-refractivity contribution in [2.75, 3.05) is 0 Å². The highest BCUT2D eigenvalue weighted by Gasteiger charge is 2.11. The normalized spacial score (nSPS) is 12.0. The zero-order valence-electron chi connectivity index (χ0n) is 12.7. The van der Waals surface area contributed by atoms with Crippen LogP contribution in [-0.4, -0.2) is 15.0 Å². The number of benzene rings is 2. The van der Waals surface area contributed by atoms with Gasteiger partial charge in [-0.1, -0.05) is 47.2 Å². The molecule has 4 heteroatoms. The smallest absolute Gasteiger partial charge is 0.128 e. The average Bonchev–Trinajstić information content (AvgIpc) is 3.23. The summed E-state index contributed by atoms with van der Waals surface area (Å²) in [5.74, 6) is 0.778. The van der Waals surface area contributed by atoms with Crippen LogP contribution in [0.2, 0.25) is 0 Å². The summed E-state index contributed by atoms with van der Waals surface area (Å²) >= 11 is 0. The first kappa shape index (κ1) is 13.5. The molecule has 0 unspecified atom stereocenters. The Balaban J connectivity index is 1.93. The number of nitrogens with zero attached hydrogens (tertiary/aromatic N) is 3. The van der Waals surface area contributed by atoms with Gasteiger partial charge in [0.2, 0.25) is 0 Å². The molecule has 4 nitrogen and oxygen atoms in total. The Bertz CT molecular complexity index is 963. The van der Waals surface area contributed by atoms with Crippen molar-refractivity contribution in [2.24, 2.45) is 0 Å². The van der Waals surface area contributed by atoms with Crippen LogP contribution in [0.3, 0.4) is 0 Å². The van der Waals surface area contributed by atoms with E-state index in [9.17, 15) is 0 Å². The lowest BCUT2D eigenvalue weighted by atomic mass is 10.1. The van der Waals surface area contributed by atoms with Gasteiger partial charge in [-0.25, -0.2) is 4.68 Å². The van der Waals surface area contributed by atoms with E-state index in [0.29, 0.717) is 0 Å². The second-order valence-electron chi connectivity index (χ2n) is 5.40. The van der Waals surface area contributed by atoms with Gasteiger partial charge < -0.3 is 4.42 Å². The molecule has 112 valence electrons. The van der Waals surface area contributed by atoms with Crippen LogP contribution < -0.4 is 0 Å². The summed E-state index contributed by atoms with van der Waals surface area (Å²) in [6.45, 7) is 2.07. The lowest BCUT2D eigenvalue weighted by molar-refractivity contribution is 0.557. The summed E-state index contributed by atoms with van der Waals surface area (Å²) in [4.78, 5) is 0. The van der Waals surface area contributed by atoms with Gasteiger partial charge in [0.15, 0.2) is 0 Å². The van der Waals surface area contributed by atoms with Gasteiger partial charge in [0, 0.05) is 11.6 Å². The molecule has 0 aliphatic carbocycles. The lowest BCUT2D eigenvalue weighted by Crippen LogP contribution is -2.01. The molecule has 0 bridgehead atoms. The molecular weight excluding hydrogens is 286 g/mol. The third-order valence-corrected chi connectivity index (χ3v) is 3.75. The van der Waals surface area contributed by atoms with Crippen molar-refractivity contribution in [1.29, 1.82) is 0 Å². The summed E-state index contributed by atoms with van der Waals surface area (Å²) < 4.78 is 7.33. The van der Waals surface area contributed by atoms with Gasteiger partial charge in [-0.05, 0) is 31.2 Å². The number of aryl methyl sites for hydroxylation is 1. The largest absolute Gasteiger partial charge is 0.465 e. The highest BCUT2D eigenvalue weighted by Crippen LogP contribution is 2.24. The van der Waals surface area contributed by atoms with E-state index in [2.05, 4.69) is 41.5 Å². The van der Waals surface area contributed by atoms with Gasteiger partial charge >= 0.3 is 0 Å². The van der Waals surface area contributed by atoms with Crippen LogP contribution in [-0.2, 0) is 0 Å². The fourth-order valence-electron chi connectivity index (χ4n) is 2.55. The molecule has 2 aromatic carbocycles. The van der Waals surface area contributed by atoms with Gasteiger partial charge in [-0.3, -0.25) is 0 Å². The minimum Gasteiger partial charge on any atom is -0.465 e. The monoisotopic (exact) mass is 301 g/mol. The molecule has 0 radical (unpaired) electrons. The first-order valence-electron chi connectivity index (χ1n) is 7.44. The first-order chi connectivity index (χ1) is 11.3. The second-order valence-corrected chi connectivity index (χ2v) is 5.40. The Hall–Kier alpha value is -3.14. The molecule has 0 aliphatic rings. The van der Waals surface area contributed by atoms with Crippen LogP contribution in [0.5, 0.6) is 0 Å². The van der Waals surface area contributed by atoms with Gasteiger partial charge in [0.1, 0.15) is 11.3 Å². The predicted octanol–water partition coefficient (Wildman–Crippen LogP) is 4.38. The lowest BCUT2D eigenvalue weighted by Gasteiger charge is -2.09. The Kier molecular flexibility index (Phi) is 3.27. The van der Waals surface area contributed by atoms with Crippen LogP contribution in [0.4, 0.5) is 0 Å². The molecule has 0 saturated carbocycles. The Morgan fingerprint density at radius 1 is 1.00 bits per heavy atom. The number of para-hydroxylation sites is 1. The first-order valence-corrected chi connectivity index (χ1v) is 7.44. The highest BCUT2D eigenvalue weighted by molar-refractivity contribution is 5.86. The van der Waals surface area contributed by atoms with Crippen molar-refractivity contribution in [3.63, 3.8) is 0 Å². The van der Waals surface area contributed by atoms with E-state index in [1.807, 2.05) is 47.2 Å². The number of hydrogen-bond acceptors (Lipinski definition) is 3. The molecule has 0 amide bonds. The highest BCUT2D eigenvalue weighted by atomic mass is 16.3. The summed E-state index contributed by atoms with van der Waals surface area (Å²) in [5.41, 5.74) is 5.03. The molecule has 4 rings (SSSR count). The maximum absolute atomic E-state index is 5.48. The van der Waals surface area contributed by atoms with E-state index in [-0.39, 0.29) is 0 Å². The van der Waals surface area contributed by atoms with Crippen LogP contribution in [0.1, 0.15) is 16.9 Å². The summed E-state index contributed by atoms with van der Waals surface area (Å²) in [6.07, 6.45) is 3.64. The molecule has 0 atom stereocenters. The van der Waals surface area contributed by atoms with Crippen molar-refractivity contribution < 1.29 is 4.42 Å². The average molecular weight is 301 g/mol. The van der Waals surface area contributed by atoms with E-state index in [1.165, 1.54) is 5.56 Å². The van der Waals surface area contributed by atoms with Crippen LogP contribution in [0, 0.1) is 6.92 Å². The minimum absolute atomic E-state index is 0.778. The molecule has 2 heterocycles. The molecule has 0 fully saturated rings. The molecule has 23 heavy (non-hydrogen) atoms. The second kappa shape index (κ2) is 5.57. The van der Waals surface area contributed by atoms with Crippen molar-refractivity contribution in [3.8, 4) is 0 Å².